The summed E-state index contributed by atoms with van der Waals surface area (Å²) in [5.41, 5.74) is 4.47. The van der Waals surface area contributed by atoms with Crippen molar-refractivity contribution in [3.05, 3.63) is 89.1 Å². The molecular formula is C25H21N5O2S. The molecule has 0 saturated carbocycles. The van der Waals surface area contributed by atoms with Crippen LogP contribution in [-0.4, -0.2) is 40.5 Å². The highest BCUT2D eigenvalue weighted by atomic mass is 32.1. The molecule has 0 amide bonds. The van der Waals surface area contributed by atoms with Gasteiger partial charge in [-0.1, -0.05) is 30.3 Å². The molecule has 6 rings (SSSR count). The molecule has 0 radical (unpaired) electrons. The number of thiophene rings is 1. The number of nitro benzene ring substituents is 1. The number of benzene rings is 2. The molecule has 1 aliphatic rings. The standard InChI is InChI=1S/C25H21N5O2S/c31-30(32)20-10-8-19(9-11-20)27-13-15-28(16-14-27)24-22-7-4-12-29(22)25-21(26-24)17-23(33-25)18-5-2-1-3-6-18/h1-12,17H,13-16H2. The third-order valence-corrected chi connectivity index (χ3v) is 7.35. The predicted molar refractivity (Wildman–Crippen MR) is 134 cm³/mol. The summed E-state index contributed by atoms with van der Waals surface area (Å²) in [4.78, 5) is 22.6. The topological polar surface area (TPSA) is 66.9 Å². The Hall–Kier alpha value is -3.91. The van der Waals surface area contributed by atoms with Crippen molar-refractivity contribution < 1.29 is 4.92 Å². The monoisotopic (exact) mass is 455 g/mol. The van der Waals surface area contributed by atoms with Crippen LogP contribution in [-0.2, 0) is 0 Å². The zero-order valence-electron chi connectivity index (χ0n) is 17.8. The van der Waals surface area contributed by atoms with Gasteiger partial charge in [0.15, 0.2) is 5.82 Å². The van der Waals surface area contributed by atoms with Crippen molar-refractivity contribution in [2.24, 2.45) is 0 Å². The highest BCUT2D eigenvalue weighted by molar-refractivity contribution is 7.21. The summed E-state index contributed by atoms with van der Waals surface area (Å²) >= 11 is 1.77. The zero-order valence-corrected chi connectivity index (χ0v) is 18.6. The number of hydrogen-bond acceptors (Lipinski definition) is 6. The summed E-state index contributed by atoms with van der Waals surface area (Å²) in [6, 6.07) is 23.6. The molecule has 2 aromatic carbocycles. The fourth-order valence-electron chi connectivity index (χ4n) is 4.48. The molecule has 164 valence electrons. The van der Waals surface area contributed by atoms with E-state index in [2.05, 4.69) is 62.9 Å². The van der Waals surface area contributed by atoms with Crippen LogP contribution in [0.2, 0.25) is 0 Å². The molecule has 1 fully saturated rings. The first-order chi connectivity index (χ1) is 16.2. The molecule has 33 heavy (non-hydrogen) atoms. The lowest BCUT2D eigenvalue weighted by molar-refractivity contribution is -0.384. The molecule has 7 nitrogen and oxygen atoms in total. The lowest BCUT2D eigenvalue weighted by Gasteiger charge is -2.37. The highest BCUT2D eigenvalue weighted by Gasteiger charge is 2.22. The van der Waals surface area contributed by atoms with Gasteiger partial charge in [-0.05, 0) is 35.9 Å². The van der Waals surface area contributed by atoms with Crippen LogP contribution in [0, 0.1) is 10.1 Å². The minimum atomic E-state index is -0.361. The fourth-order valence-corrected chi connectivity index (χ4v) is 5.57. The number of anilines is 2. The van der Waals surface area contributed by atoms with E-state index < -0.39 is 0 Å². The van der Waals surface area contributed by atoms with Crippen LogP contribution in [0.4, 0.5) is 17.2 Å². The van der Waals surface area contributed by atoms with Crippen molar-refractivity contribution >= 4 is 44.4 Å². The highest BCUT2D eigenvalue weighted by Crippen LogP contribution is 2.36. The number of nitro groups is 1. The zero-order chi connectivity index (χ0) is 22.4. The maximum Gasteiger partial charge on any atom is 0.269 e. The Morgan fingerprint density at radius 1 is 0.879 bits per heavy atom. The maximum absolute atomic E-state index is 10.9. The number of non-ortho nitro benzene ring substituents is 1. The third kappa shape index (κ3) is 3.48. The average Bonchev–Trinajstić information content (AvgIpc) is 3.51. The van der Waals surface area contributed by atoms with Gasteiger partial charge in [0.05, 0.1) is 10.4 Å². The second-order valence-corrected chi connectivity index (χ2v) is 9.14. The lowest BCUT2D eigenvalue weighted by atomic mass is 10.2. The Bertz CT molecular complexity index is 1450. The number of rotatable bonds is 4. The molecule has 5 aromatic rings. The van der Waals surface area contributed by atoms with E-state index >= 15 is 0 Å². The van der Waals surface area contributed by atoms with Gasteiger partial charge in [-0.3, -0.25) is 10.1 Å². The van der Waals surface area contributed by atoms with Crippen LogP contribution in [0.15, 0.2) is 79.0 Å². The molecule has 0 bridgehead atoms. The molecule has 0 N–H and O–H groups in total. The van der Waals surface area contributed by atoms with Gasteiger partial charge in [0.2, 0.25) is 0 Å². The Morgan fingerprint density at radius 2 is 1.61 bits per heavy atom. The number of nitrogens with zero attached hydrogens (tertiary/aromatic N) is 5. The van der Waals surface area contributed by atoms with Crippen molar-refractivity contribution in [2.75, 3.05) is 36.0 Å². The average molecular weight is 456 g/mol. The molecule has 0 unspecified atom stereocenters. The molecule has 0 atom stereocenters. The van der Waals surface area contributed by atoms with Crippen molar-refractivity contribution in [3.63, 3.8) is 0 Å². The molecule has 1 aliphatic heterocycles. The summed E-state index contributed by atoms with van der Waals surface area (Å²) in [5, 5.41) is 10.9. The molecule has 0 spiro atoms. The van der Waals surface area contributed by atoms with E-state index in [4.69, 9.17) is 4.98 Å². The largest absolute Gasteiger partial charge is 0.368 e. The molecule has 1 saturated heterocycles. The van der Waals surface area contributed by atoms with Gasteiger partial charge in [-0.2, -0.15) is 0 Å². The van der Waals surface area contributed by atoms with Crippen molar-refractivity contribution in [3.8, 4) is 10.4 Å². The van der Waals surface area contributed by atoms with Gasteiger partial charge in [0.1, 0.15) is 10.3 Å². The van der Waals surface area contributed by atoms with Gasteiger partial charge >= 0.3 is 0 Å². The summed E-state index contributed by atoms with van der Waals surface area (Å²) < 4.78 is 2.25. The molecule has 8 heteroatoms. The van der Waals surface area contributed by atoms with E-state index in [0.29, 0.717) is 0 Å². The number of hydrogen-bond donors (Lipinski definition) is 0. The van der Waals surface area contributed by atoms with E-state index in [0.717, 1.165) is 53.5 Å². The van der Waals surface area contributed by atoms with Crippen LogP contribution < -0.4 is 9.80 Å². The fraction of sp³-hybridized carbons (Fsp3) is 0.160. The number of piperazine rings is 1. The van der Waals surface area contributed by atoms with Gasteiger partial charge in [-0.25, -0.2) is 4.98 Å². The summed E-state index contributed by atoms with van der Waals surface area (Å²) in [6.07, 6.45) is 2.11. The van der Waals surface area contributed by atoms with Gasteiger partial charge in [0, 0.05) is 55.1 Å². The van der Waals surface area contributed by atoms with Crippen LogP contribution >= 0.6 is 11.3 Å². The van der Waals surface area contributed by atoms with Crippen molar-refractivity contribution in [2.45, 2.75) is 0 Å². The predicted octanol–water partition coefficient (Wildman–Crippen LogP) is 5.45. The summed E-state index contributed by atoms with van der Waals surface area (Å²) in [6.45, 7) is 3.35. The van der Waals surface area contributed by atoms with Gasteiger partial charge in [-0.15, -0.1) is 11.3 Å². The van der Waals surface area contributed by atoms with Gasteiger partial charge in [0.25, 0.3) is 5.69 Å². The van der Waals surface area contributed by atoms with Crippen LogP contribution in [0.5, 0.6) is 0 Å². The van der Waals surface area contributed by atoms with Crippen molar-refractivity contribution in [1.82, 2.24) is 9.38 Å². The normalized spacial score (nSPS) is 14.3. The van der Waals surface area contributed by atoms with E-state index in [1.54, 1.807) is 23.5 Å². The Kier molecular flexibility index (Phi) is 4.73. The quantitative estimate of drug-likeness (QED) is 0.266. The van der Waals surface area contributed by atoms with E-state index in [-0.39, 0.29) is 10.6 Å². The summed E-state index contributed by atoms with van der Waals surface area (Å²) in [7, 11) is 0. The van der Waals surface area contributed by atoms with E-state index in [9.17, 15) is 10.1 Å². The molecule has 0 aliphatic carbocycles. The second kappa shape index (κ2) is 7.90. The van der Waals surface area contributed by atoms with Crippen LogP contribution in [0.3, 0.4) is 0 Å². The first kappa shape index (κ1) is 19.8. The lowest BCUT2D eigenvalue weighted by Crippen LogP contribution is -2.47. The van der Waals surface area contributed by atoms with E-state index in [1.807, 2.05) is 18.2 Å². The first-order valence-electron chi connectivity index (χ1n) is 10.9. The summed E-state index contributed by atoms with van der Waals surface area (Å²) in [5.74, 6) is 1.01. The second-order valence-electron chi connectivity index (χ2n) is 8.11. The number of fused-ring (bicyclic) bond motifs is 3. The minimum Gasteiger partial charge on any atom is -0.368 e. The Labute approximate surface area is 194 Å². The third-order valence-electron chi connectivity index (χ3n) is 6.18. The Balaban J connectivity index is 1.29. The van der Waals surface area contributed by atoms with Crippen LogP contribution in [0.1, 0.15) is 0 Å². The number of aromatic nitrogens is 2. The van der Waals surface area contributed by atoms with E-state index in [1.165, 1.54) is 10.4 Å². The Morgan fingerprint density at radius 3 is 2.33 bits per heavy atom. The maximum atomic E-state index is 10.9. The van der Waals surface area contributed by atoms with Crippen molar-refractivity contribution in [1.29, 1.82) is 0 Å². The molecule has 3 aromatic heterocycles. The molecule has 4 heterocycles. The van der Waals surface area contributed by atoms with Gasteiger partial charge < -0.3 is 14.2 Å². The SMILES string of the molecule is O=[N+]([O-])c1ccc(N2CCN(c3nc4cc(-c5ccccc5)sc4n4cccc34)CC2)cc1. The minimum absolute atomic E-state index is 0.121. The molecular weight excluding hydrogens is 434 g/mol. The smallest absolute Gasteiger partial charge is 0.269 e. The van der Waals surface area contributed by atoms with Crippen LogP contribution in [0.25, 0.3) is 26.3 Å². The first-order valence-corrected chi connectivity index (χ1v) is 11.7.